The van der Waals surface area contributed by atoms with Gasteiger partial charge in [0.15, 0.2) is 0 Å². The monoisotopic (exact) mass is 680 g/mol. The van der Waals surface area contributed by atoms with Crippen LogP contribution in [0.15, 0.2) is 24.3 Å². The molecule has 1 aromatic carbocycles. The molecule has 5 heterocycles. The molecule has 1 amide bonds. The number of carbonyl (C=O) groups is 1. The number of hydrogen-bond donors (Lipinski definition) is 3. The lowest BCUT2D eigenvalue weighted by molar-refractivity contribution is 0.0902. The van der Waals surface area contributed by atoms with E-state index >= 15 is 0 Å². The smallest absolute Gasteiger partial charge is 0.267 e. The summed E-state index contributed by atoms with van der Waals surface area (Å²) < 4.78 is 6.05. The van der Waals surface area contributed by atoms with Crippen molar-refractivity contribution in [2.75, 3.05) is 85.1 Å². The second-order valence-corrected chi connectivity index (χ2v) is 16.5. The highest BCUT2D eigenvalue weighted by atomic mass is 16.5. The van der Waals surface area contributed by atoms with Crippen molar-refractivity contribution in [3.63, 3.8) is 0 Å². The van der Waals surface area contributed by atoms with Gasteiger partial charge in [-0.05, 0) is 114 Å². The van der Waals surface area contributed by atoms with E-state index in [1.807, 2.05) is 24.3 Å². The Morgan fingerprint density at radius 1 is 0.755 bits per heavy atom. The van der Waals surface area contributed by atoms with Crippen molar-refractivity contribution >= 4 is 16.8 Å². The Balaban J connectivity index is 0.000000244. The van der Waals surface area contributed by atoms with E-state index in [1.165, 1.54) is 123 Å². The first-order chi connectivity index (χ1) is 23.7. The maximum atomic E-state index is 13.0. The number of benzene rings is 1. The molecular formula is C40H69N7O2. The molecule has 0 bridgehead atoms. The molecule has 9 nitrogen and oxygen atoms in total. The first-order valence-electron chi connectivity index (χ1n) is 19.9. The molecule has 4 aliphatic heterocycles. The van der Waals surface area contributed by atoms with Crippen molar-refractivity contribution in [3.8, 4) is 5.75 Å². The molecule has 0 aliphatic carbocycles. The molecule has 0 atom stereocenters. The van der Waals surface area contributed by atoms with E-state index in [2.05, 4.69) is 50.7 Å². The Morgan fingerprint density at radius 2 is 1.24 bits per heavy atom. The molecule has 1 aromatic heterocycles. The standard InChI is InChI=1S/C27H42N4O2.C13H27N3/c1-27(2,3)20-33-25-10-8-9-23-22(25)19-24(29-23)26(32)28-21-11-15-31(16-12-21)18-17-30-13-6-4-5-7-14-30;14-13-5-9-16(10-6-13)12-11-15-7-3-1-2-4-8-15/h8-10,19,21,29H,4-7,11-18,20H2,1-3H3,(H,28,32);13H,1-12,14H2. The minimum atomic E-state index is -0.0176. The molecule has 4 N–H and O–H groups in total. The van der Waals surface area contributed by atoms with Gasteiger partial charge in [0.2, 0.25) is 0 Å². The Labute approximate surface area is 297 Å². The maximum absolute atomic E-state index is 13.0. The number of rotatable bonds is 10. The first-order valence-corrected chi connectivity index (χ1v) is 19.9. The van der Waals surface area contributed by atoms with Gasteiger partial charge in [-0.2, -0.15) is 0 Å². The van der Waals surface area contributed by atoms with Gasteiger partial charge in [0.25, 0.3) is 5.91 Å². The predicted octanol–water partition coefficient (Wildman–Crippen LogP) is 5.95. The third kappa shape index (κ3) is 13.1. The topological polar surface area (TPSA) is 93.1 Å². The highest BCUT2D eigenvalue weighted by Crippen LogP contribution is 2.28. The van der Waals surface area contributed by atoms with Crippen LogP contribution >= 0.6 is 0 Å². The highest BCUT2D eigenvalue weighted by molar-refractivity contribution is 5.99. The van der Waals surface area contributed by atoms with Gasteiger partial charge >= 0.3 is 0 Å². The third-order valence-corrected chi connectivity index (χ3v) is 10.9. The van der Waals surface area contributed by atoms with Crippen LogP contribution < -0.4 is 15.8 Å². The van der Waals surface area contributed by atoms with Gasteiger partial charge in [0, 0.05) is 62.3 Å². The number of nitrogens with two attached hydrogens (primary N) is 1. The number of H-pyrrole nitrogens is 1. The summed E-state index contributed by atoms with van der Waals surface area (Å²) in [6.45, 7) is 21.7. The number of amides is 1. The molecule has 4 saturated heterocycles. The number of aromatic amines is 1. The number of nitrogens with zero attached hydrogens (tertiary/aromatic N) is 4. The number of fused-ring (bicyclic) bond motifs is 1. The SMILES string of the molecule is CC(C)(C)COc1cccc2[nH]c(C(=O)NC3CCN(CCN4CCCCCC4)CC3)cc12.NC1CCN(CCN2CCCCCC2)CC1. The van der Waals surface area contributed by atoms with Gasteiger partial charge in [0.05, 0.1) is 6.61 Å². The quantitative estimate of drug-likeness (QED) is 0.286. The number of carbonyl (C=O) groups excluding carboxylic acids is 1. The number of likely N-dealkylation sites (tertiary alicyclic amines) is 4. The zero-order chi connectivity index (χ0) is 34.5. The molecule has 276 valence electrons. The van der Waals surface area contributed by atoms with Crippen LogP contribution in [0.2, 0.25) is 0 Å². The van der Waals surface area contributed by atoms with E-state index in [0.717, 1.165) is 49.1 Å². The normalized spacial score (nSPS) is 21.9. The van der Waals surface area contributed by atoms with E-state index in [4.69, 9.17) is 10.5 Å². The fraction of sp³-hybridized carbons (Fsp3) is 0.775. The zero-order valence-electron chi connectivity index (χ0n) is 31.3. The average molecular weight is 680 g/mol. The van der Waals surface area contributed by atoms with Crippen LogP contribution in [0.25, 0.3) is 10.9 Å². The average Bonchev–Trinajstić information content (AvgIpc) is 3.22. The Hall–Kier alpha value is -2.17. The number of piperidine rings is 2. The fourth-order valence-corrected chi connectivity index (χ4v) is 7.70. The van der Waals surface area contributed by atoms with Crippen molar-refractivity contribution in [2.45, 2.75) is 110 Å². The van der Waals surface area contributed by atoms with Gasteiger partial charge in [-0.25, -0.2) is 0 Å². The summed E-state index contributed by atoms with van der Waals surface area (Å²) in [7, 11) is 0. The molecule has 0 unspecified atom stereocenters. The maximum Gasteiger partial charge on any atom is 0.267 e. The molecular weight excluding hydrogens is 610 g/mol. The summed E-state index contributed by atoms with van der Waals surface area (Å²) >= 11 is 0. The van der Waals surface area contributed by atoms with Crippen LogP contribution in [0.3, 0.4) is 0 Å². The molecule has 0 saturated carbocycles. The second kappa shape index (κ2) is 19.4. The van der Waals surface area contributed by atoms with Crippen molar-refractivity contribution < 1.29 is 9.53 Å². The van der Waals surface area contributed by atoms with Crippen LogP contribution in [0.5, 0.6) is 5.75 Å². The minimum Gasteiger partial charge on any atom is -0.492 e. The van der Waals surface area contributed by atoms with E-state index in [0.29, 0.717) is 18.3 Å². The van der Waals surface area contributed by atoms with Crippen LogP contribution in [0, 0.1) is 5.41 Å². The molecule has 0 spiro atoms. The van der Waals surface area contributed by atoms with Crippen LogP contribution in [0.4, 0.5) is 0 Å². The van der Waals surface area contributed by atoms with Crippen molar-refractivity contribution in [1.82, 2.24) is 29.9 Å². The van der Waals surface area contributed by atoms with Gasteiger partial charge in [-0.15, -0.1) is 0 Å². The Bertz CT molecular complexity index is 1230. The second-order valence-electron chi connectivity index (χ2n) is 16.5. The summed E-state index contributed by atoms with van der Waals surface area (Å²) in [5.74, 6) is 0.812. The van der Waals surface area contributed by atoms with Crippen molar-refractivity contribution in [3.05, 3.63) is 30.0 Å². The minimum absolute atomic E-state index is 0.0176. The summed E-state index contributed by atoms with van der Waals surface area (Å²) in [5, 5.41) is 4.23. The molecule has 4 aliphatic rings. The molecule has 49 heavy (non-hydrogen) atoms. The summed E-state index contributed by atoms with van der Waals surface area (Å²) in [6, 6.07) is 8.59. The fourth-order valence-electron chi connectivity index (χ4n) is 7.70. The van der Waals surface area contributed by atoms with Crippen LogP contribution in [-0.2, 0) is 0 Å². The third-order valence-electron chi connectivity index (χ3n) is 10.9. The molecule has 2 aromatic rings. The molecule has 6 rings (SSSR count). The van der Waals surface area contributed by atoms with Crippen LogP contribution in [-0.4, -0.2) is 128 Å². The van der Waals surface area contributed by atoms with E-state index in [1.54, 1.807) is 0 Å². The van der Waals surface area contributed by atoms with Gasteiger partial charge < -0.3 is 40.4 Å². The lowest BCUT2D eigenvalue weighted by atomic mass is 9.99. The first kappa shape index (κ1) is 38.1. The lowest BCUT2D eigenvalue weighted by Gasteiger charge is -2.33. The van der Waals surface area contributed by atoms with E-state index in [9.17, 15) is 4.79 Å². The number of hydrogen-bond acceptors (Lipinski definition) is 7. The number of nitrogens with one attached hydrogen (secondary N) is 2. The van der Waals surface area contributed by atoms with Crippen LogP contribution in [0.1, 0.15) is 108 Å². The number of ether oxygens (including phenoxy) is 1. The van der Waals surface area contributed by atoms with Gasteiger partial charge in [0.1, 0.15) is 11.4 Å². The molecule has 4 fully saturated rings. The summed E-state index contributed by atoms with van der Waals surface area (Å²) in [4.78, 5) is 26.7. The van der Waals surface area contributed by atoms with E-state index < -0.39 is 0 Å². The molecule has 0 radical (unpaired) electrons. The summed E-state index contributed by atoms with van der Waals surface area (Å²) in [6.07, 6.45) is 15.6. The van der Waals surface area contributed by atoms with E-state index in [-0.39, 0.29) is 17.4 Å². The van der Waals surface area contributed by atoms with Gasteiger partial charge in [-0.1, -0.05) is 52.5 Å². The predicted molar refractivity (Wildman–Crippen MR) is 204 cm³/mol. The molecule has 9 heteroatoms. The largest absolute Gasteiger partial charge is 0.492 e. The lowest BCUT2D eigenvalue weighted by Crippen LogP contribution is -2.46. The zero-order valence-corrected chi connectivity index (χ0v) is 31.3. The number of aromatic nitrogens is 1. The van der Waals surface area contributed by atoms with Crippen molar-refractivity contribution in [1.29, 1.82) is 0 Å². The Morgan fingerprint density at radius 3 is 1.76 bits per heavy atom. The van der Waals surface area contributed by atoms with Crippen molar-refractivity contribution in [2.24, 2.45) is 11.1 Å². The Kier molecular flexibility index (Phi) is 15.1. The summed E-state index contributed by atoms with van der Waals surface area (Å²) in [5.41, 5.74) is 7.55. The van der Waals surface area contributed by atoms with Gasteiger partial charge in [-0.3, -0.25) is 4.79 Å². The highest BCUT2D eigenvalue weighted by Gasteiger charge is 2.23.